The predicted octanol–water partition coefficient (Wildman–Crippen LogP) is 0.492. The van der Waals surface area contributed by atoms with E-state index in [1.54, 1.807) is 20.8 Å². The minimum absolute atomic E-state index is 0.0237. The van der Waals surface area contributed by atoms with Crippen LogP contribution in [0.25, 0.3) is 0 Å². The molecule has 1 atom stereocenters. The number of ether oxygens (including phenoxy) is 1. The number of amides is 1. The molecule has 0 aliphatic rings. The van der Waals surface area contributed by atoms with Crippen LogP contribution in [0.1, 0.15) is 41.7 Å². The molecule has 0 radical (unpaired) electrons. The van der Waals surface area contributed by atoms with Gasteiger partial charge in [0.15, 0.2) is 5.69 Å². The summed E-state index contributed by atoms with van der Waals surface area (Å²) in [7, 11) is 0. The fraction of sp³-hybridized carbons (Fsp3) is 0.462. The van der Waals surface area contributed by atoms with Crippen molar-refractivity contribution in [1.82, 2.24) is 15.3 Å². The summed E-state index contributed by atoms with van der Waals surface area (Å²) in [6, 6.07) is 0. The second-order valence-electron chi connectivity index (χ2n) is 4.69. The Hall–Kier alpha value is -2.51. The molecule has 0 aromatic carbocycles. The summed E-state index contributed by atoms with van der Waals surface area (Å²) >= 11 is 0. The van der Waals surface area contributed by atoms with Crippen molar-refractivity contribution >= 4 is 17.8 Å². The first-order chi connectivity index (χ1) is 9.81. The minimum atomic E-state index is -1.22. The Morgan fingerprint density at radius 1 is 1.19 bits per heavy atom. The van der Waals surface area contributed by atoms with Gasteiger partial charge in [-0.3, -0.25) is 9.59 Å². The molecule has 0 saturated heterocycles. The van der Waals surface area contributed by atoms with Crippen molar-refractivity contribution in [3.8, 4) is 0 Å². The highest BCUT2D eigenvalue weighted by molar-refractivity contribution is 5.93. The highest BCUT2D eigenvalue weighted by atomic mass is 16.5. The van der Waals surface area contributed by atoms with Crippen LogP contribution in [0.2, 0.25) is 0 Å². The molecule has 8 heteroatoms. The third-order valence-electron chi connectivity index (χ3n) is 2.43. The number of nitrogens with zero attached hydrogens (tertiary/aromatic N) is 2. The van der Waals surface area contributed by atoms with Gasteiger partial charge in [0.1, 0.15) is 5.69 Å². The van der Waals surface area contributed by atoms with E-state index in [-0.39, 0.29) is 24.0 Å². The maximum Gasteiger partial charge on any atom is 0.356 e. The summed E-state index contributed by atoms with van der Waals surface area (Å²) in [6.45, 7) is 5.20. The summed E-state index contributed by atoms with van der Waals surface area (Å²) in [4.78, 5) is 41.2. The molecular weight excluding hydrogens is 278 g/mol. The fourth-order valence-electron chi connectivity index (χ4n) is 1.32. The molecule has 0 bridgehead atoms. The van der Waals surface area contributed by atoms with Gasteiger partial charge in [-0.05, 0) is 13.8 Å². The fourth-order valence-corrected chi connectivity index (χ4v) is 1.32. The summed E-state index contributed by atoms with van der Waals surface area (Å²) in [5.41, 5.74) is -0.273. The number of carbonyl (C=O) groups is 3. The molecule has 1 amide bonds. The van der Waals surface area contributed by atoms with Crippen LogP contribution in [0.4, 0.5) is 0 Å². The quantitative estimate of drug-likeness (QED) is 0.733. The first-order valence-electron chi connectivity index (χ1n) is 6.35. The maximum absolute atomic E-state index is 11.8. The number of aromatic nitrogens is 2. The molecule has 1 rings (SSSR count). The molecule has 0 aliphatic carbocycles. The van der Waals surface area contributed by atoms with E-state index in [0.29, 0.717) is 0 Å². The molecule has 2 N–H and O–H groups in total. The minimum Gasteiger partial charge on any atom is -0.476 e. The number of aromatic carboxylic acids is 1. The maximum atomic E-state index is 11.8. The van der Waals surface area contributed by atoms with E-state index in [0.717, 1.165) is 12.4 Å². The number of carboxylic acid groups (broad SMARTS) is 1. The first kappa shape index (κ1) is 16.5. The van der Waals surface area contributed by atoms with Crippen molar-refractivity contribution in [3.63, 3.8) is 0 Å². The highest BCUT2D eigenvalue weighted by Gasteiger charge is 2.18. The van der Waals surface area contributed by atoms with Crippen molar-refractivity contribution in [3.05, 3.63) is 23.8 Å². The van der Waals surface area contributed by atoms with Gasteiger partial charge in [-0.25, -0.2) is 14.8 Å². The molecule has 1 aromatic rings. The van der Waals surface area contributed by atoms with E-state index in [2.05, 4.69) is 15.3 Å². The van der Waals surface area contributed by atoms with Gasteiger partial charge in [-0.15, -0.1) is 0 Å². The number of hydrogen-bond donors (Lipinski definition) is 2. The summed E-state index contributed by atoms with van der Waals surface area (Å²) in [5, 5.41) is 11.2. The van der Waals surface area contributed by atoms with E-state index in [1.165, 1.54) is 0 Å². The number of carbonyl (C=O) groups excluding carboxylic acids is 2. The van der Waals surface area contributed by atoms with Crippen LogP contribution < -0.4 is 5.32 Å². The van der Waals surface area contributed by atoms with Gasteiger partial charge in [-0.1, -0.05) is 6.92 Å². The second kappa shape index (κ2) is 7.32. The van der Waals surface area contributed by atoms with Gasteiger partial charge < -0.3 is 15.2 Å². The number of nitrogens with one attached hydrogen (secondary N) is 1. The molecule has 1 heterocycles. The Morgan fingerprint density at radius 3 is 2.24 bits per heavy atom. The van der Waals surface area contributed by atoms with Gasteiger partial charge in [0.05, 0.1) is 24.4 Å². The topological polar surface area (TPSA) is 118 Å². The molecule has 1 unspecified atom stereocenters. The van der Waals surface area contributed by atoms with Gasteiger partial charge in [0.2, 0.25) is 0 Å². The number of rotatable bonds is 6. The average molecular weight is 295 g/mol. The Labute approximate surface area is 121 Å². The van der Waals surface area contributed by atoms with Crippen LogP contribution in [-0.4, -0.2) is 45.6 Å². The van der Waals surface area contributed by atoms with Crippen molar-refractivity contribution in [2.75, 3.05) is 6.54 Å². The molecule has 1 aromatic heterocycles. The second-order valence-corrected chi connectivity index (χ2v) is 4.69. The molecular formula is C13H17N3O5. The standard InChI is InChI=1S/C13H17N3O5/c1-7(2)21-13(20)8(3)4-16-11(17)9-5-15-10(6-14-9)12(18)19/h5-8H,4H2,1-3H3,(H,16,17)(H,18,19). The van der Waals surface area contributed by atoms with Crippen molar-refractivity contribution in [1.29, 1.82) is 0 Å². The van der Waals surface area contributed by atoms with Gasteiger partial charge in [0, 0.05) is 6.54 Å². The summed E-state index contributed by atoms with van der Waals surface area (Å²) in [5.74, 6) is -2.66. The lowest BCUT2D eigenvalue weighted by molar-refractivity contribution is -0.151. The number of esters is 1. The van der Waals surface area contributed by atoms with Crippen molar-refractivity contribution < 1.29 is 24.2 Å². The van der Waals surface area contributed by atoms with Crippen LogP contribution in [0.5, 0.6) is 0 Å². The molecule has 0 aliphatic heterocycles. The van der Waals surface area contributed by atoms with Crippen LogP contribution in [0.15, 0.2) is 12.4 Å². The highest BCUT2D eigenvalue weighted by Crippen LogP contribution is 2.01. The molecule has 0 spiro atoms. The van der Waals surface area contributed by atoms with Crippen LogP contribution >= 0.6 is 0 Å². The van der Waals surface area contributed by atoms with Gasteiger partial charge >= 0.3 is 11.9 Å². The van der Waals surface area contributed by atoms with Gasteiger partial charge in [0.25, 0.3) is 5.91 Å². The smallest absolute Gasteiger partial charge is 0.356 e. The zero-order chi connectivity index (χ0) is 16.0. The SMILES string of the molecule is CC(C)OC(=O)C(C)CNC(=O)c1cnc(C(=O)O)cn1. The largest absolute Gasteiger partial charge is 0.476 e. The van der Waals surface area contributed by atoms with E-state index < -0.39 is 23.8 Å². The Morgan fingerprint density at radius 2 is 1.76 bits per heavy atom. The van der Waals surface area contributed by atoms with Crippen LogP contribution in [0, 0.1) is 5.92 Å². The molecule has 0 fully saturated rings. The first-order valence-corrected chi connectivity index (χ1v) is 6.35. The zero-order valence-corrected chi connectivity index (χ0v) is 12.0. The van der Waals surface area contributed by atoms with E-state index in [4.69, 9.17) is 9.84 Å². The lowest BCUT2D eigenvalue weighted by atomic mass is 10.2. The predicted molar refractivity (Wildman–Crippen MR) is 71.7 cm³/mol. The summed E-state index contributed by atoms with van der Waals surface area (Å²) in [6.07, 6.45) is 1.84. The Balaban J connectivity index is 2.53. The number of carboxylic acids is 1. The molecule has 8 nitrogen and oxygen atoms in total. The molecule has 114 valence electrons. The summed E-state index contributed by atoms with van der Waals surface area (Å²) < 4.78 is 5.01. The third kappa shape index (κ3) is 5.17. The van der Waals surface area contributed by atoms with E-state index in [1.807, 2.05) is 0 Å². The lowest BCUT2D eigenvalue weighted by Crippen LogP contribution is -2.33. The Kier molecular flexibility index (Phi) is 5.77. The molecule has 21 heavy (non-hydrogen) atoms. The average Bonchev–Trinajstić information content (AvgIpc) is 2.43. The van der Waals surface area contributed by atoms with E-state index >= 15 is 0 Å². The Bertz CT molecular complexity index is 527. The van der Waals surface area contributed by atoms with Crippen LogP contribution in [-0.2, 0) is 9.53 Å². The zero-order valence-electron chi connectivity index (χ0n) is 12.0. The van der Waals surface area contributed by atoms with Crippen molar-refractivity contribution in [2.24, 2.45) is 5.92 Å². The number of hydrogen-bond acceptors (Lipinski definition) is 6. The normalized spacial score (nSPS) is 11.8. The molecule has 0 saturated carbocycles. The lowest BCUT2D eigenvalue weighted by Gasteiger charge is -2.14. The third-order valence-corrected chi connectivity index (χ3v) is 2.43. The van der Waals surface area contributed by atoms with E-state index in [9.17, 15) is 14.4 Å². The van der Waals surface area contributed by atoms with Gasteiger partial charge in [-0.2, -0.15) is 0 Å². The van der Waals surface area contributed by atoms with Crippen LogP contribution in [0.3, 0.4) is 0 Å². The van der Waals surface area contributed by atoms with Crippen molar-refractivity contribution in [2.45, 2.75) is 26.9 Å². The monoisotopic (exact) mass is 295 g/mol.